The van der Waals surface area contributed by atoms with E-state index in [0.29, 0.717) is 18.8 Å². The molecule has 0 radical (unpaired) electrons. The van der Waals surface area contributed by atoms with Gasteiger partial charge in [-0.1, -0.05) is 58.0 Å². The lowest BCUT2D eigenvalue weighted by Gasteiger charge is -2.30. The summed E-state index contributed by atoms with van der Waals surface area (Å²) in [6, 6.07) is 9.32. The summed E-state index contributed by atoms with van der Waals surface area (Å²) in [4.78, 5) is 33.2. The van der Waals surface area contributed by atoms with E-state index in [2.05, 4.69) is 27.1 Å². The Kier molecular flexibility index (Phi) is 7.15. The number of hydrogen-bond donors (Lipinski definition) is 2. The van der Waals surface area contributed by atoms with Crippen LogP contribution in [-0.2, 0) is 17.9 Å². The van der Waals surface area contributed by atoms with Gasteiger partial charge in [-0.05, 0) is 31.8 Å². The van der Waals surface area contributed by atoms with Gasteiger partial charge in [0.05, 0.1) is 5.69 Å². The lowest BCUT2D eigenvalue weighted by molar-refractivity contribution is -0.125. The van der Waals surface area contributed by atoms with Crippen LogP contribution in [0.5, 0.6) is 0 Å². The largest absolute Gasteiger partial charge is 0.354 e. The number of nitrogens with one attached hydrogen (secondary N) is 2. The Bertz CT molecular complexity index is 914. The Hall–Kier alpha value is -2.67. The molecule has 31 heavy (non-hydrogen) atoms. The van der Waals surface area contributed by atoms with Crippen molar-refractivity contribution >= 4 is 11.8 Å². The van der Waals surface area contributed by atoms with E-state index in [-0.39, 0.29) is 11.8 Å². The number of aromatic nitrogens is 2. The maximum absolute atomic E-state index is 13.4. The van der Waals surface area contributed by atoms with E-state index in [1.54, 1.807) is 0 Å². The molecule has 1 aromatic heterocycles. The standard InChI is InChI=1S/C24H35N5O2/c1-6-13-25-23(31)20(24(2,3)4)27-22(30)19-18-16-28(5)14-10-15-29(18)21(26-19)17-11-8-7-9-12-17/h7-9,11-12,20H,6,10,13-16H2,1-5H3,(H,25,31)(H,27,30). The zero-order valence-electron chi connectivity index (χ0n) is 19.4. The predicted molar refractivity (Wildman–Crippen MR) is 123 cm³/mol. The van der Waals surface area contributed by atoms with E-state index in [0.717, 1.165) is 43.0 Å². The van der Waals surface area contributed by atoms with Crippen molar-refractivity contribution in [3.05, 3.63) is 41.7 Å². The van der Waals surface area contributed by atoms with Gasteiger partial charge in [-0.25, -0.2) is 4.98 Å². The number of rotatable bonds is 6. The average Bonchev–Trinajstić information content (AvgIpc) is 2.96. The maximum Gasteiger partial charge on any atom is 0.272 e. The van der Waals surface area contributed by atoms with E-state index >= 15 is 0 Å². The lowest BCUT2D eigenvalue weighted by Crippen LogP contribution is -2.53. The first kappa shape index (κ1) is 23.0. The van der Waals surface area contributed by atoms with Crippen molar-refractivity contribution < 1.29 is 9.59 Å². The number of nitrogens with zero attached hydrogens (tertiary/aromatic N) is 3. The van der Waals surface area contributed by atoms with Gasteiger partial charge in [-0.3, -0.25) is 9.59 Å². The molecule has 7 heteroatoms. The molecule has 1 aliphatic rings. The molecule has 0 spiro atoms. The molecule has 3 rings (SSSR count). The minimum absolute atomic E-state index is 0.159. The highest BCUT2D eigenvalue weighted by Crippen LogP contribution is 2.27. The summed E-state index contributed by atoms with van der Waals surface area (Å²) in [7, 11) is 2.06. The highest BCUT2D eigenvalue weighted by Gasteiger charge is 2.35. The fourth-order valence-electron chi connectivity index (χ4n) is 3.94. The highest BCUT2D eigenvalue weighted by molar-refractivity contribution is 5.98. The van der Waals surface area contributed by atoms with Crippen molar-refractivity contribution in [3.8, 4) is 11.4 Å². The first-order valence-electron chi connectivity index (χ1n) is 11.1. The van der Waals surface area contributed by atoms with Crippen molar-refractivity contribution in [2.75, 3.05) is 20.1 Å². The summed E-state index contributed by atoms with van der Waals surface area (Å²) in [6.07, 6.45) is 1.84. The van der Waals surface area contributed by atoms with Crippen LogP contribution in [-0.4, -0.2) is 52.4 Å². The number of carbonyl (C=O) groups excluding carboxylic acids is 2. The normalized spacial score (nSPS) is 15.6. The highest BCUT2D eigenvalue weighted by atomic mass is 16.2. The molecular weight excluding hydrogens is 390 g/mol. The van der Waals surface area contributed by atoms with Gasteiger partial charge in [0.2, 0.25) is 5.91 Å². The number of fused-ring (bicyclic) bond motifs is 1. The van der Waals surface area contributed by atoms with Crippen LogP contribution in [0, 0.1) is 5.41 Å². The number of carbonyl (C=O) groups is 2. The van der Waals surface area contributed by atoms with Crippen molar-refractivity contribution in [2.45, 2.75) is 59.7 Å². The zero-order valence-corrected chi connectivity index (χ0v) is 19.4. The molecule has 2 N–H and O–H groups in total. The van der Waals surface area contributed by atoms with Gasteiger partial charge in [0, 0.05) is 25.2 Å². The molecule has 2 heterocycles. The topological polar surface area (TPSA) is 79.3 Å². The quantitative estimate of drug-likeness (QED) is 0.746. The van der Waals surface area contributed by atoms with Crippen LogP contribution in [0.2, 0.25) is 0 Å². The molecule has 0 aliphatic carbocycles. The van der Waals surface area contributed by atoms with Crippen LogP contribution in [0.3, 0.4) is 0 Å². The zero-order chi connectivity index (χ0) is 22.6. The third-order valence-electron chi connectivity index (χ3n) is 5.61. The van der Waals surface area contributed by atoms with Crippen molar-refractivity contribution in [2.24, 2.45) is 5.41 Å². The lowest BCUT2D eigenvalue weighted by atomic mass is 9.86. The van der Waals surface area contributed by atoms with Crippen molar-refractivity contribution in [3.63, 3.8) is 0 Å². The van der Waals surface area contributed by atoms with Gasteiger partial charge in [-0.15, -0.1) is 0 Å². The molecule has 0 saturated carbocycles. The van der Waals surface area contributed by atoms with Crippen LogP contribution < -0.4 is 10.6 Å². The first-order chi connectivity index (χ1) is 14.7. The molecule has 1 atom stereocenters. The molecule has 2 aromatic rings. The summed E-state index contributed by atoms with van der Waals surface area (Å²) < 4.78 is 2.16. The van der Waals surface area contributed by atoms with E-state index < -0.39 is 11.5 Å². The number of hydrogen-bond acceptors (Lipinski definition) is 4. The Morgan fingerprint density at radius 3 is 2.52 bits per heavy atom. The molecule has 2 amide bonds. The molecule has 0 fully saturated rings. The smallest absolute Gasteiger partial charge is 0.272 e. The maximum atomic E-state index is 13.4. The van der Waals surface area contributed by atoms with Crippen molar-refractivity contribution in [1.82, 2.24) is 25.1 Å². The second kappa shape index (κ2) is 9.64. The van der Waals surface area contributed by atoms with Crippen LogP contribution >= 0.6 is 0 Å². The van der Waals surface area contributed by atoms with Gasteiger partial charge in [0.25, 0.3) is 5.91 Å². The minimum Gasteiger partial charge on any atom is -0.354 e. The van der Waals surface area contributed by atoms with E-state index in [1.165, 1.54) is 0 Å². The van der Waals surface area contributed by atoms with Gasteiger partial charge in [0.1, 0.15) is 11.9 Å². The van der Waals surface area contributed by atoms with Gasteiger partial charge < -0.3 is 20.1 Å². The first-order valence-corrected chi connectivity index (χ1v) is 11.1. The molecule has 1 aromatic carbocycles. The van der Waals surface area contributed by atoms with Gasteiger partial charge >= 0.3 is 0 Å². The summed E-state index contributed by atoms with van der Waals surface area (Å²) in [6.45, 7) is 10.9. The summed E-state index contributed by atoms with van der Waals surface area (Å²) in [5.41, 5.74) is 1.87. The van der Waals surface area contributed by atoms with Crippen molar-refractivity contribution in [1.29, 1.82) is 0 Å². The van der Waals surface area contributed by atoms with Crippen LogP contribution in [0.4, 0.5) is 0 Å². The Balaban J connectivity index is 1.98. The van der Waals surface area contributed by atoms with Gasteiger partial charge in [-0.2, -0.15) is 0 Å². The minimum atomic E-state index is -0.646. The van der Waals surface area contributed by atoms with E-state index in [9.17, 15) is 9.59 Å². The molecular formula is C24H35N5O2. The number of amides is 2. The second-order valence-electron chi connectivity index (χ2n) is 9.40. The monoisotopic (exact) mass is 425 g/mol. The molecule has 0 saturated heterocycles. The van der Waals surface area contributed by atoms with Gasteiger partial charge in [0.15, 0.2) is 5.69 Å². The predicted octanol–water partition coefficient (Wildman–Crippen LogP) is 3.06. The fourth-order valence-corrected chi connectivity index (χ4v) is 3.94. The van der Waals surface area contributed by atoms with E-state index in [1.807, 2.05) is 58.0 Å². The number of benzene rings is 1. The summed E-state index contributed by atoms with van der Waals surface area (Å²) in [5.74, 6) is 0.347. The second-order valence-corrected chi connectivity index (χ2v) is 9.40. The summed E-state index contributed by atoms with van der Waals surface area (Å²) >= 11 is 0. The third kappa shape index (κ3) is 5.34. The Labute approximate surface area is 185 Å². The average molecular weight is 426 g/mol. The molecule has 0 bridgehead atoms. The Morgan fingerprint density at radius 2 is 1.87 bits per heavy atom. The molecule has 168 valence electrons. The SMILES string of the molecule is CCCNC(=O)C(NC(=O)c1nc(-c2ccccc2)n2c1CN(C)CCC2)C(C)(C)C. The summed E-state index contributed by atoms with van der Waals surface area (Å²) in [5, 5.41) is 5.91. The molecule has 1 aliphatic heterocycles. The molecule has 1 unspecified atom stereocenters. The fraction of sp³-hybridized carbons (Fsp3) is 0.542. The third-order valence-corrected chi connectivity index (χ3v) is 5.61. The number of imidazole rings is 1. The van der Waals surface area contributed by atoms with Crippen LogP contribution in [0.1, 0.15) is 56.7 Å². The molecule has 7 nitrogen and oxygen atoms in total. The van der Waals surface area contributed by atoms with Crippen LogP contribution in [0.25, 0.3) is 11.4 Å². The Morgan fingerprint density at radius 1 is 1.16 bits per heavy atom. The van der Waals surface area contributed by atoms with E-state index in [4.69, 9.17) is 4.98 Å². The van der Waals surface area contributed by atoms with Crippen LogP contribution in [0.15, 0.2) is 30.3 Å².